The minimum atomic E-state index is -0.456. The third-order valence-corrected chi connectivity index (χ3v) is 4.24. The van der Waals surface area contributed by atoms with Crippen LogP contribution in [0.1, 0.15) is 75.5 Å². The van der Waals surface area contributed by atoms with E-state index in [9.17, 15) is 14.4 Å². The van der Waals surface area contributed by atoms with Crippen molar-refractivity contribution in [2.75, 3.05) is 11.9 Å². The number of carbonyl (C=O) groups excluding carboxylic acids is 3. The molecule has 0 bridgehead atoms. The zero-order chi connectivity index (χ0) is 22.1. The van der Waals surface area contributed by atoms with Crippen LogP contribution in [0.2, 0.25) is 0 Å². The Labute approximate surface area is 176 Å². The molecule has 0 aliphatic carbocycles. The molecule has 0 atom stereocenters. The normalized spacial score (nSPS) is 11.2. The Balaban J connectivity index is 1.72. The number of ketones is 1. The van der Waals surface area contributed by atoms with E-state index < -0.39 is 5.97 Å². The van der Waals surface area contributed by atoms with E-state index in [0.717, 1.165) is 6.42 Å². The molecule has 1 amide bonds. The zero-order valence-corrected chi connectivity index (χ0v) is 18.0. The van der Waals surface area contributed by atoms with Crippen LogP contribution in [0.25, 0.3) is 0 Å². The van der Waals surface area contributed by atoms with Crippen LogP contribution < -0.4 is 5.32 Å². The monoisotopic (exact) mass is 415 g/mol. The van der Waals surface area contributed by atoms with Crippen LogP contribution in [0.3, 0.4) is 0 Å². The number of aryl methyl sites for hydroxylation is 1. The number of hydrogen-bond acceptors (Lipinski definition) is 7. The fourth-order valence-corrected chi connectivity index (χ4v) is 2.54. The van der Waals surface area contributed by atoms with Crippen molar-refractivity contribution in [2.24, 2.45) is 0 Å². The fourth-order valence-electron chi connectivity index (χ4n) is 2.54. The van der Waals surface area contributed by atoms with Crippen LogP contribution in [0.15, 0.2) is 28.8 Å². The zero-order valence-electron chi connectivity index (χ0n) is 18.0. The number of benzene rings is 1. The lowest BCUT2D eigenvalue weighted by Gasteiger charge is -2.10. The standard InChI is InChI=1S/C22H29N3O5/c1-5-7-18(27)23-16-12-10-15(11-13-16)17(26)14-29-20(28)9-6-8-19-24-21(25-30-19)22(2,3)4/h10-13H,5-9,14H2,1-4H3,(H,23,27). The predicted octanol–water partition coefficient (Wildman–Crippen LogP) is 3.85. The van der Waals surface area contributed by atoms with Crippen molar-refractivity contribution in [2.45, 2.75) is 65.2 Å². The van der Waals surface area contributed by atoms with Gasteiger partial charge in [-0.1, -0.05) is 32.9 Å². The van der Waals surface area contributed by atoms with Gasteiger partial charge in [0.15, 0.2) is 18.2 Å². The Kier molecular flexibility index (Phi) is 8.26. The molecule has 0 unspecified atom stereocenters. The van der Waals surface area contributed by atoms with Gasteiger partial charge in [-0.25, -0.2) is 0 Å². The molecule has 30 heavy (non-hydrogen) atoms. The average molecular weight is 415 g/mol. The Morgan fingerprint density at radius 2 is 1.80 bits per heavy atom. The maximum absolute atomic E-state index is 12.2. The Hall–Kier alpha value is -3.03. The molecule has 8 nitrogen and oxygen atoms in total. The highest BCUT2D eigenvalue weighted by atomic mass is 16.5. The minimum Gasteiger partial charge on any atom is -0.457 e. The van der Waals surface area contributed by atoms with Gasteiger partial charge in [-0.2, -0.15) is 4.98 Å². The summed E-state index contributed by atoms with van der Waals surface area (Å²) >= 11 is 0. The molecule has 0 aliphatic heterocycles. The topological polar surface area (TPSA) is 111 Å². The van der Waals surface area contributed by atoms with E-state index in [-0.39, 0.29) is 30.1 Å². The van der Waals surface area contributed by atoms with Gasteiger partial charge in [0.05, 0.1) is 0 Å². The van der Waals surface area contributed by atoms with Crippen LogP contribution in [0.4, 0.5) is 5.69 Å². The first-order valence-electron chi connectivity index (χ1n) is 10.1. The lowest BCUT2D eigenvalue weighted by atomic mass is 9.96. The molecule has 162 valence electrons. The Morgan fingerprint density at radius 1 is 1.10 bits per heavy atom. The van der Waals surface area contributed by atoms with Crippen molar-refractivity contribution in [3.63, 3.8) is 0 Å². The second kappa shape index (κ2) is 10.7. The smallest absolute Gasteiger partial charge is 0.306 e. The van der Waals surface area contributed by atoms with Crippen molar-refractivity contribution >= 4 is 23.3 Å². The summed E-state index contributed by atoms with van der Waals surface area (Å²) in [4.78, 5) is 40.0. The number of esters is 1. The summed E-state index contributed by atoms with van der Waals surface area (Å²) in [5, 5.41) is 6.69. The number of rotatable bonds is 10. The first-order valence-corrected chi connectivity index (χ1v) is 10.1. The molecule has 1 N–H and O–H groups in total. The molecule has 0 aliphatic rings. The highest BCUT2D eigenvalue weighted by Gasteiger charge is 2.21. The number of hydrogen-bond donors (Lipinski definition) is 1. The lowest BCUT2D eigenvalue weighted by molar-refractivity contribution is -0.142. The van der Waals surface area contributed by atoms with E-state index in [2.05, 4.69) is 15.5 Å². The molecule has 1 aromatic carbocycles. The van der Waals surface area contributed by atoms with Crippen molar-refractivity contribution in [1.29, 1.82) is 0 Å². The second-order valence-corrected chi connectivity index (χ2v) is 8.07. The summed E-state index contributed by atoms with van der Waals surface area (Å²) in [6.45, 7) is 7.58. The first kappa shape index (κ1) is 23.3. The summed E-state index contributed by atoms with van der Waals surface area (Å²) in [6.07, 6.45) is 2.33. The van der Waals surface area contributed by atoms with Gasteiger partial charge in [-0.3, -0.25) is 14.4 Å². The van der Waals surface area contributed by atoms with Crippen LogP contribution >= 0.6 is 0 Å². The van der Waals surface area contributed by atoms with E-state index in [4.69, 9.17) is 9.26 Å². The maximum Gasteiger partial charge on any atom is 0.306 e. The summed E-state index contributed by atoms with van der Waals surface area (Å²) in [5.74, 6) is 0.279. The number of nitrogens with zero attached hydrogens (tertiary/aromatic N) is 2. The number of nitrogens with one attached hydrogen (secondary N) is 1. The van der Waals surface area contributed by atoms with Gasteiger partial charge in [0.2, 0.25) is 11.8 Å². The van der Waals surface area contributed by atoms with Gasteiger partial charge < -0.3 is 14.6 Å². The van der Waals surface area contributed by atoms with Crippen molar-refractivity contribution in [3.8, 4) is 0 Å². The summed E-state index contributed by atoms with van der Waals surface area (Å²) in [5.41, 5.74) is 0.842. The van der Waals surface area contributed by atoms with Gasteiger partial charge >= 0.3 is 5.97 Å². The van der Waals surface area contributed by atoms with E-state index in [1.807, 2.05) is 27.7 Å². The molecule has 1 heterocycles. The van der Waals surface area contributed by atoms with Crippen LogP contribution in [0.5, 0.6) is 0 Å². The molecule has 2 rings (SSSR count). The maximum atomic E-state index is 12.2. The predicted molar refractivity (Wildman–Crippen MR) is 111 cm³/mol. The lowest BCUT2D eigenvalue weighted by Crippen LogP contribution is -2.15. The first-order chi connectivity index (χ1) is 14.2. The number of carbonyl (C=O) groups is 3. The van der Waals surface area contributed by atoms with Gasteiger partial charge in [-0.15, -0.1) is 0 Å². The molecule has 0 saturated heterocycles. The molecule has 0 radical (unpaired) electrons. The minimum absolute atomic E-state index is 0.0688. The van der Waals surface area contributed by atoms with Gasteiger partial charge in [0.1, 0.15) is 0 Å². The molecule has 8 heteroatoms. The number of amides is 1. The van der Waals surface area contributed by atoms with Crippen LogP contribution in [0, 0.1) is 0 Å². The average Bonchev–Trinajstić information content (AvgIpc) is 3.16. The van der Waals surface area contributed by atoms with Crippen LogP contribution in [-0.4, -0.2) is 34.4 Å². The number of anilines is 1. The molecular formula is C22H29N3O5. The summed E-state index contributed by atoms with van der Waals surface area (Å²) in [7, 11) is 0. The van der Waals surface area contributed by atoms with E-state index >= 15 is 0 Å². The third-order valence-electron chi connectivity index (χ3n) is 4.24. The summed E-state index contributed by atoms with van der Waals surface area (Å²) in [6, 6.07) is 6.50. The van der Waals surface area contributed by atoms with E-state index in [0.29, 0.717) is 42.2 Å². The highest BCUT2D eigenvalue weighted by Crippen LogP contribution is 2.19. The fraction of sp³-hybridized carbons (Fsp3) is 0.500. The quantitative estimate of drug-likeness (QED) is 0.463. The van der Waals surface area contributed by atoms with E-state index in [1.54, 1.807) is 24.3 Å². The summed E-state index contributed by atoms with van der Waals surface area (Å²) < 4.78 is 10.2. The molecule has 0 spiro atoms. The van der Waals surface area contributed by atoms with Gasteiger partial charge in [-0.05, 0) is 37.1 Å². The van der Waals surface area contributed by atoms with Crippen molar-refractivity contribution < 1.29 is 23.6 Å². The Morgan fingerprint density at radius 3 is 2.40 bits per heavy atom. The highest BCUT2D eigenvalue weighted by molar-refractivity contribution is 5.98. The number of ether oxygens (including phenoxy) is 1. The molecule has 2 aromatic rings. The molecular weight excluding hydrogens is 386 g/mol. The third kappa shape index (κ3) is 7.42. The van der Waals surface area contributed by atoms with Gasteiger partial charge in [0.25, 0.3) is 0 Å². The van der Waals surface area contributed by atoms with Crippen molar-refractivity contribution in [1.82, 2.24) is 10.1 Å². The molecule has 0 saturated carbocycles. The molecule has 0 fully saturated rings. The molecule has 1 aromatic heterocycles. The SMILES string of the molecule is CCCC(=O)Nc1ccc(C(=O)COC(=O)CCCc2nc(C(C)(C)C)no2)cc1. The number of aromatic nitrogens is 2. The largest absolute Gasteiger partial charge is 0.457 e. The van der Waals surface area contributed by atoms with Crippen molar-refractivity contribution in [3.05, 3.63) is 41.5 Å². The number of Topliss-reactive ketones (excluding diaryl/α,β-unsaturated/α-hetero) is 1. The van der Waals surface area contributed by atoms with Gasteiger partial charge in [0, 0.05) is 35.9 Å². The van der Waals surface area contributed by atoms with Crippen LogP contribution in [-0.2, 0) is 26.2 Å². The van der Waals surface area contributed by atoms with E-state index in [1.165, 1.54) is 0 Å². The second-order valence-electron chi connectivity index (χ2n) is 8.07. The Bertz CT molecular complexity index is 866.